The molecule has 7 nitrogen and oxygen atoms in total. The van der Waals surface area contributed by atoms with E-state index in [1.54, 1.807) is 0 Å². The molecule has 0 aliphatic heterocycles. The molecule has 8 heteroatoms. The molecule has 1 N–H and O–H groups in total. The summed E-state index contributed by atoms with van der Waals surface area (Å²) >= 11 is 6.66. The van der Waals surface area contributed by atoms with Gasteiger partial charge in [-0.1, -0.05) is 85.3 Å². The molecule has 0 saturated carbocycles. The minimum atomic E-state index is -0.545. The summed E-state index contributed by atoms with van der Waals surface area (Å²) in [5.41, 5.74) is 3.97. The van der Waals surface area contributed by atoms with E-state index in [0.29, 0.717) is 29.5 Å². The monoisotopic (exact) mass is 540 g/mol. The molecule has 0 aliphatic carbocycles. The van der Waals surface area contributed by atoms with Crippen LogP contribution >= 0.6 is 11.6 Å². The molecule has 0 fully saturated rings. The molecule has 2 heterocycles. The fourth-order valence-electron chi connectivity index (χ4n) is 4.95. The molecule has 0 spiro atoms. The highest BCUT2D eigenvalue weighted by molar-refractivity contribution is 6.31. The molecule has 5 aromatic rings. The summed E-state index contributed by atoms with van der Waals surface area (Å²) in [5.74, 6) is 0.613. The lowest BCUT2D eigenvalue weighted by atomic mass is 9.98. The molecule has 0 saturated heterocycles. The Balaban J connectivity index is 1.76. The van der Waals surface area contributed by atoms with Gasteiger partial charge in [-0.2, -0.15) is 0 Å². The molecule has 1 atom stereocenters. The van der Waals surface area contributed by atoms with Gasteiger partial charge in [-0.25, -0.2) is 4.68 Å². The Labute approximate surface area is 233 Å². The van der Waals surface area contributed by atoms with Crippen molar-refractivity contribution in [3.63, 3.8) is 0 Å². The van der Waals surface area contributed by atoms with Gasteiger partial charge in [0.05, 0.1) is 11.1 Å². The quantitative estimate of drug-likeness (QED) is 0.233. The maximum Gasteiger partial charge on any atom is 0.253 e. The number of fused-ring (bicyclic) bond motifs is 1. The number of rotatable bonds is 9. The highest BCUT2D eigenvalue weighted by Gasteiger charge is 2.34. The molecule has 0 aliphatic rings. The van der Waals surface area contributed by atoms with Crippen molar-refractivity contribution in [1.82, 2.24) is 30.1 Å². The molecular weight excluding hydrogens is 508 g/mol. The Kier molecular flexibility index (Phi) is 7.64. The van der Waals surface area contributed by atoms with Gasteiger partial charge in [0.1, 0.15) is 6.04 Å². The summed E-state index contributed by atoms with van der Waals surface area (Å²) in [4.78, 5) is 19.2. The Bertz CT molecular complexity index is 1640. The van der Waals surface area contributed by atoms with Crippen molar-refractivity contribution in [2.75, 3.05) is 0 Å². The van der Waals surface area contributed by atoms with Gasteiger partial charge in [-0.15, -0.1) is 5.10 Å². The van der Waals surface area contributed by atoms with Crippen LogP contribution in [0.2, 0.25) is 5.02 Å². The largest absolute Gasteiger partial charge is 0.321 e. The lowest BCUT2D eigenvalue weighted by molar-refractivity contribution is 0.180. The standard InChI is InChI=1S/C31H33ClN6O/c1-5-31(3,4)38-29(34-35-36-38)28(25-18-23-16-11-12-21(2)27(23)33-30(25)39)37(19-22-13-7-6-8-14-22)20-24-15-9-10-17-26(24)32/h6-18,28H,5,19-20H2,1-4H3,(H,33,39)/t28-/m0/s1. The number of pyridine rings is 1. The third-order valence-corrected chi connectivity index (χ3v) is 7.88. The number of tetrazole rings is 1. The number of H-pyrrole nitrogens is 1. The van der Waals surface area contributed by atoms with Crippen LogP contribution in [-0.2, 0) is 18.6 Å². The van der Waals surface area contributed by atoms with Gasteiger partial charge >= 0.3 is 0 Å². The van der Waals surface area contributed by atoms with E-state index in [1.807, 2.05) is 78.3 Å². The molecule has 0 amide bonds. The first-order chi connectivity index (χ1) is 18.8. The third-order valence-electron chi connectivity index (χ3n) is 7.51. The topological polar surface area (TPSA) is 79.7 Å². The number of nitrogens with zero attached hydrogens (tertiary/aromatic N) is 5. The second-order valence-electron chi connectivity index (χ2n) is 10.6. The van der Waals surface area contributed by atoms with Crippen molar-refractivity contribution in [3.8, 4) is 0 Å². The minimum absolute atomic E-state index is 0.164. The van der Waals surface area contributed by atoms with Gasteiger partial charge in [0.15, 0.2) is 5.82 Å². The average Bonchev–Trinajstić information content (AvgIpc) is 3.42. The van der Waals surface area contributed by atoms with E-state index in [2.05, 4.69) is 58.3 Å². The summed E-state index contributed by atoms with van der Waals surface area (Å²) in [6, 6.07) is 25.5. The van der Waals surface area contributed by atoms with Gasteiger partial charge in [0.25, 0.3) is 5.56 Å². The zero-order valence-electron chi connectivity index (χ0n) is 22.7. The van der Waals surface area contributed by atoms with E-state index in [1.165, 1.54) is 0 Å². The molecule has 0 unspecified atom stereocenters. The van der Waals surface area contributed by atoms with Crippen LogP contribution in [0.1, 0.15) is 61.3 Å². The fourth-order valence-corrected chi connectivity index (χ4v) is 5.15. The first-order valence-corrected chi connectivity index (χ1v) is 13.6. The van der Waals surface area contributed by atoms with E-state index in [4.69, 9.17) is 11.6 Å². The summed E-state index contributed by atoms with van der Waals surface area (Å²) < 4.78 is 1.86. The van der Waals surface area contributed by atoms with Crippen molar-refractivity contribution in [2.45, 2.75) is 58.8 Å². The summed E-state index contributed by atoms with van der Waals surface area (Å²) in [5, 5.41) is 14.7. The number of hydrogen-bond donors (Lipinski definition) is 1. The van der Waals surface area contributed by atoms with Crippen molar-refractivity contribution in [3.05, 3.63) is 122 Å². The molecule has 39 heavy (non-hydrogen) atoms. The molecular formula is C31H33ClN6O. The normalized spacial score (nSPS) is 12.8. The van der Waals surface area contributed by atoms with Crippen LogP contribution in [0.4, 0.5) is 0 Å². The van der Waals surface area contributed by atoms with Gasteiger partial charge < -0.3 is 4.98 Å². The number of halogens is 1. The molecule has 0 bridgehead atoms. The van der Waals surface area contributed by atoms with E-state index in [9.17, 15) is 4.79 Å². The zero-order chi connectivity index (χ0) is 27.6. The Hall–Kier alpha value is -3.81. The van der Waals surface area contributed by atoms with E-state index in [0.717, 1.165) is 34.0 Å². The van der Waals surface area contributed by atoms with Crippen molar-refractivity contribution in [2.24, 2.45) is 0 Å². The number of benzene rings is 3. The maximum absolute atomic E-state index is 13.8. The van der Waals surface area contributed by atoms with Crippen LogP contribution in [0, 0.1) is 6.92 Å². The van der Waals surface area contributed by atoms with Gasteiger partial charge in [0.2, 0.25) is 0 Å². The molecule has 5 rings (SSSR count). The summed E-state index contributed by atoms with van der Waals surface area (Å²) in [6.45, 7) is 9.36. The average molecular weight is 541 g/mol. The van der Waals surface area contributed by atoms with Gasteiger partial charge in [-0.05, 0) is 71.8 Å². The van der Waals surface area contributed by atoms with Crippen LogP contribution in [0.15, 0.2) is 83.7 Å². The molecule has 0 radical (unpaired) electrons. The summed E-state index contributed by atoms with van der Waals surface area (Å²) in [7, 11) is 0. The number of aryl methyl sites for hydroxylation is 1. The SMILES string of the molecule is CCC(C)(C)n1nnnc1[C@H](c1cc2cccc(C)c2[nH]c1=O)N(Cc1ccccc1)Cc1ccccc1Cl. The lowest BCUT2D eigenvalue weighted by Crippen LogP contribution is -2.38. The maximum atomic E-state index is 13.8. The highest BCUT2D eigenvalue weighted by Crippen LogP contribution is 2.34. The zero-order valence-corrected chi connectivity index (χ0v) is 23.5. The molecule has 3 aromatic carbocycles. The van der Waals surface area contributed by atoms with E-state index in [-0.39, 0.29) is 11.1 Å². The number of aromatic amines is 1. The summed E-state index contributed by atoms with van der Waals surface area (Å²) in [6.07, 6.45) is 0.814. The van der Waals surface area contributed by atoms with Gasteiger partial charge in [-0.3, -0.25) is 9.69 Å². The van der Waals surface area contributed by atoms with Crippen LogP contribution in [-0.4, -0.2) is 30.1 Å². The van der Waals surface area contributed by atoms with Crippen LogP contribution in [0.5, 0.6) is 0 Å². The number of nitrogens with one attached hydrogen (secondary N) is 1. The predicted octanol–water partition coefficient (Wildman–Crippen LogP) is 6.41. The second-order valence-corrected chi connectivity index (χ2v) is 11.0. The van der Waals surface area contributed by atoms with Crippen LogP contribution in [0.25, 0.3) is 10.9 Å². The smallest absolute Gasteiger partial charge is 0.253 e. The van der Waals surface area contributed by atoms with Crippen LogP contribution < -0.4 is 5.56 Å². The minimum Gasteiger partial charge on any atom is -0.321 e. The lowest BCUT2D eigenvalue weighted by Gasteiger charge is -2.34. The molecule has 200 valence electrons. The van der Waals surface area contributed by atoms with Crippen LogP contribution in [0.3, 0.4) is 0 Å². The van der Waals surface area contributed by atoms with Crippen molar-refractivity contribution in [1.29, 1.82) is 0 Å². The Morgan fingerprint density at radius 2 is 1.74 bits per heavy atom. The van der Waals surface area contributed by atoms with Gasteiger partial charge in [0, 0.05) is 23.7 Å². The fraction of sp³-hybridized carbons (Fsp3) is 0.290. The number of hydrogen-bond acceptors (Lipinski definition) is 5. The predicted molar refractivity (Wildman–Crippen MR) is 156 cm³/mol. The second kappa shape index (κ2) is 11.1. The first-order valence-electron chi connectivity index (χ1n) is 13.2. The first kappa shape index (κ1) is 26.8. The molecule has 2 aromatic heterocycles. The van der Waals surface area contributed by atoms with E-state index < -0.39 is 6.04 Å². The number of para-hydroxylation sites is 1. The van der Waals surface area contributed by atoms with Crippen molar-refractivity contribution >= 4 is 22.5 Å². The Morgan fingerprint density at radius 1 is 1.00 bits per heavy atom. The third kappa shape index (κ3) is 5.51. The number of aromatic nitrogens is 5. The van der Waals surface area contributed by atoms with E-state index >= 15 is 0 Å². The highest BCUT2D eigenvalue weighted by atomic mass is 35.5. The van der Waals surface area contributed by atoms with Crippen molar-refractivity contribution < 1.29 is 0 Å². The Morgan fingerprint density at radius 3 is 2.49 bits per heavy atom.